The molecule has 2 nitrogen and oxygen atoms in total. The maximum atomic E-state index is 3.02. The average Bonchev–Trinajstić information content (AvgIpc) is 2.41. The minimum absolute atomic E-state index is 1.22. The van der Waals surface area contributed by atoms with Crippen LogP contribution in [0.2, 0.25) is 0 Å². The molecule has 0 fully saturated rings. The molecule has 0 amide bonds. The molecule has 0 aromatic heterocycles. The van der Waals surface area contributed by atoms with Gasteiger partial charge in [-0.05, 0) is 43.4 Å². The van der Waals surface area contributed by atoms with Gasteiger partial charge in [0.05, 0.1) is 0 Å². The zero-order valence-corrected chi connectivity index (χ0v) is 11.6. The van der Waals surface area contributed by atoms with Gasteiger partial charge in [-0.1, -0.05) is 36.4 Å². The second-order valence-corrected chi connectivity index (χ2v) is 4.23. The van der Waals surface area contributed by atoms with E-state index in [0.717, 1.165) is 0 Å². The molecule has 0 unspecified atom stereocenters. The van der Waals surface area contributed by atoms with Gasteiger partial charge in [-0.2, -0.15) is 0 Å². The van der Waals surface area contributed by atoms with E-state index < -0.39 is 0 Å². The number of benzene rings is 2. The lowest BCUT2D eigenvalue weighted by Crippen LogP contribution is -2.07. The van der Waals surface area contributed by atoms with E-state index in [9.17, 15) is 0 Å². The third kappa shape index (κ3) is 4.22. The number of anilines is 1. The van der Waals surface area contributed by atoms with Crippen molar-refractivity contribution in [2.75, 3.05) is 33.1 Å². The fourth-order valence-corrected chi connectivity index (χ4v) is 1.53. The van der Waals surface area contributed by atoms with Gasteiger partial charge in [0.15, 0.2) is 0 Å². The second kappa shape index (κ2) is 7.51. The number of nitrogens with zero attached hydrogens (tertiary/aromatic N) is 1. The molecule has 2 rings (SSSR count). The Morgan fingerprint density at radius 3 is 1.72 bits per heavy atom. The van der Waals surface area contributed by atoms with E-state index in [4.69, 9.17) is 0 Å². The highest BCUT2D eigenvalue weighted by Gasteiger charge is 1.97. The predicted octanol–water partition coefficient (Wildman–Crippen LogP) is 3.06. The van der Waals surface area contributed by atoms with Crippen molar-refractivity contribution in [2.24, 2.45) is 0 Å². The van der Waals surface area contributed by atoms with Gasteiger partial charge in [0.1, 0.15) is 0 Å². The van der Waals surface area contributed by atoms with Gasteiger partial charge in [-0.25, -0.2) is 0 Å². The molecule has 0 aliphatic heterocycles. The fourth-order valence-electron chi connectivity index (χ4n) is 1.53. The van der Waals surface area contributed by atoms with E-state index in [1.807, 2.05) is 40.3 Å². The van der Waals surface area contributed by atoms with Gasteiger partial charge < -0.3 is 10.2 Å². The van der Waals surface area contributed by atoms with Crippen LogP contribution in [0.4, 0.5) is 5.69 Å². The molecule has 2 aromatic rings. The smallest absolute Gasteiger partial charge is 0.0361 e. The van der Waals surface area contributed by atoms with E-state index in [0.29, 0.717) is 0 Å². The Balaban J connectivity index is 0.000000492. The molecule has 0 atom stereocenters. The number of hydrogen-bond donors (Lipinski definition) is 1. The Kier molecular flexibility index (Phi) is 5.95. The van der Waals surface area contributed by atoms with Crippen LogP contribution < -0.4 is 10.2 Å². The summed E-state index contributed by atoms with van der Waals surface area (Å²) in [7, 11) is 7.85. The third-order valence-corrected chi connectivity index (χ3v) is 2.44. The first-order valence-corrected chi connectivity index (χ1v) is 6.01. The van der Waals surface area contributed by atoms with Crippen LogP contribution in [-0.2, 0) is 0 Å². The molecule has 95 valence electrons. The molecule has 0 heterocycles. The van der Waals surface area contributed by atoms with Crippen LogP contribution >= 0.6 is 0 Å². The molecule has 18 heavy (non-hydrogen) atoms. The normalized spacial score (nSPS) is 9.33. The summed E-state index contributed by atoms with van der Waals surface area (Å²) in [6, 6.07) is 19.6. The SMILES string of the molecule is CN(C)c1ccc(-c2cc[c]cc2)cc1.CNC. The van der Waals surface area contributed by atoms with Gasteiger partial charge in [0.2, 0.25) is 0 Å². The Hall–Kier alpha value is -1.80. The maximum absolute atomic E-state index is 3.02. The van der Waals surface area contributed by atoms with Crippen molar-refractivity contribution in [1.82, 2.24) is 5.32 Å². The summed E-state index contributed by atoms with van der Waals surface area (Å²) in [6.07, 6.45) is 0. The molecule has 1 radical (unpaired) electrons. The van der Waals surface area contributed by atoms with Crippen molar-refractivity contribution in [3.63, 3.8) is 0 Å². The van der Waals surface area contributed by atoms with Crippen molar-refractivity contribution < 1.29 is 0 Å². The average molecular weight is 241 g/mol. The van der Waals surface area contributed by atoms with E-state index in [1.165, 1.54) is 16.8 Å². The highest BCUT2D eigenvalue weighted by Crippen LogP contribution is 2.21. The molecular formula is C16H21N2. The largest absolute Gasteiger partial charge is 0.378 e. The summed E-state index contributed by atoms with van der Waals surface area (Å²) in [6.45, 7) is 0. The zero-order valence-electron chi connectivity index (χ0n) is 11.6. The van der Waals surface area contributed by atoms with Crippen molar-refractivity contribution >= 4 is 5.69 Å². The standard InChI is InChI=1S/C14H14N.C2H7N/c1-15(2)14-10-8-13(9-11-14)12-6-4-3-5-7-12;1-3-2/h4-11H,1-2H3;3H,1-2H3. The summed E-state index contributed by atoms with van der Waals surface area (Å²) >= 11 is 0. The van der Waals surface area contributed by atoms with Gasteiger partial charge in [-0.15, -0.1) is 0 Å². The molecule has 0 saturated carbocycles. The molecule has 0 bridgehead atoms. The summed E-state index contributed by atoms with van der Waals surface area (Å²) in [4.78, 5) is 2.10. The first kappa shape index (κ1) is 14.3. The molecule has 0 spiro atoms. The lowest BCUT2D eigenvalue weighted by molar-refractivity contribution is 1.02. The van der Waals surface area contributed by atoms with Gasteiger partial charge in [-0.3, -0.25) is 0 Å². The molecule has 0 aliphatic rings. The zero-order chi connectivity index (χ0) is 13.4. The molecule has 1 N–H and O–H groups in total. The Labute approximate surface area is 110 Å². The minimum atomic E-state index is 1.22. The first-order chi connectivity index (χ1) is 8.69. The fraction of sp³-hybridized carbons (Fsp3) is 0.250. The highest BCUT2D eigenvalue weighted by molar-refractivity contribution is 5.65. The van der Waals surface area contributed by atoms with Gasteiger partial charge in [0, 0.05) is 19.8 Å². The highest BCUT2D eigenvalue weighted by atomic mass is 15.1. The predicted molar refractivity (Wildman–Crippen MR) is 80.0 cm³/mol. The molecular weight excluding hydrogens is 220 g/mol. The third-order valence-electron chi connectivity index (χ3n) is 2.44. The lowest BCUT2D eigenvalue weighted by atomic mass is 10.1. The Morgan fingerprint density at radius 2 is 1.28 bits per heavy atom. The lowest BCUT2D eigenvalue weighted by Gasteiger charge is -2.12. The van der Waals surface area contributed by atoms with Crippen LogP contribution in [0.3, 0.4) is 0 Å². The molecule has 0 aliphatic carbocycles. The van der Waals surface area contributed by atoms with Crippen LogP contribution in [0.15, 0.2) is 48.5 Å². The van der Waals surface area contributed by atoms with Crippen LogP contribution in [0.25, 0.3) is 11.1 Å². The summed E-state index contributed by atoms with van der Waals surface area (Å²) < 4.78 is 0. The number of nitrogens with one attached hydrogen (secondary N) is 1. The van der Waals surface area contributed by atoms with Gasteiger partial charge in [0.25, 0.3) is 0 Å². The van der Waals surface area contributed by atoms with Crippen molar-refractivity contribution in [1.29, 1.82) is 0 Å². The van der Waals surface area contributed by atoms with Crippen molar-refractivity contribution in [3.05, 3.63) is 54.6 Å². The van der Waals surface area contributed by atoms with Crippen LogP contribution in [0, 0.1) is 6.07 Å². The summed E-state index contributed by atoms with van der Waals surface area (Å²) in [5.41, 5.74) is 3.70. The van der Waals surface area contributed by atoms with Crippen LogP contribution in [0.5, 0.6) is 0 Å². The van der Waals surface area contributed by atoms with E-state index in [2.05, 4.69) is 52.7 Å². The summed E-state index contributed by atoms with van der Waals surface area (Å²) in [5, 5.41) is 2.75. The topological polar surface area (TPSA) is 15.3 Å². The van der Waals surface area contributed by atoms with Crippen molar-refractivity contribution in [3.8, 4) is 11.1 Å². The quantitative estimate of drug-likeness (QED) is 0.869. The Bertz CT molecular complexity index is 432. The molecule has 0 saturated heterocycles. The Morgan fingerprint density at radius 1 is 0.833 bits per heavy atom. The first-order valence-electron chi connectivity index (χ1n) is 6.01. The summed E-state index contributed by atoms with van der Waals surface area (Å²) in [5.74, 6) is 0. The van der Waals surface area contributed by atoms with E-state index >= 15 is 0 Å². The number of hydrogen-bond acceptors (Lipinski definition) is 2. The molecule has 2 heteroatoms. The maximum Gasteiger partial charge on any atom is 0.0361 e. The molecule has 2 aromatic carbocycles. The monoisotopic (exact) mass is 241 g/mol. The second-order valence-electron chi connectivity index (χ2n) is 4.23. The van der Waals surface area contributed by atoms with Crippen molar-refractivity contribution in [2.45, 2.75) is 0 Å². The van der Waals surface area contributed by atoms with Crippen LogP contribution in [-0.4, -0.2) is 28.2 Å². The van der Waals surface area contributed by atoms with Gasteiger partial charge >= 0.3 is 0 Å². The van der Waals surface area contributed by atoms with E-state index in [1.54, 1.807) is 0 Å². The van der Waals surface area contributed by atoms with E-state index in [-0.39, 0.29) is 0 Å². The van der Waals surface area contributed by atoms with Crippen LogP contribution in [0.1, 0.15) is 0 Å². The number of rotatable bonds is 2. The minimum Gasteiger partial charge on any atom is -0.378 e.